The summed E-state index contributed by atoms with van der Waals surface area (Å²) in [5, 5.41) is 0. The number of alkyl halides is 1. The van der Waals surface area contributed by atoms with Gasteiger partial charge in [0.15, 0.2) is 16.7 Å². The normalized spacial score (nSPS) is 32.5. The molecule has 1 aliphatic heterocycles. The second-order valence-corrected chi connectivity index (χ2v) is 5.66. The highest BCUT2D eigenvalue weighted by atomic mass is 32.1. The summed E-state index contributed by atoms with van der Waals surface area (Å²) in [6.45, 7) is 3.21. The number of nitrogens with zero attached hydrogens (tertiary/aromatic N) is 1. The Morgan fingerprint density at radius 2 is 2.24 bits per heavy atom. The minimum atomic E-state index is -1.82. The standard InChI is InChI=1S/C13H19FN2O4S/c1-7-5-16(12(21)15-10(7)17)11-13(2,14)9(19-4)8(20-11)6-18-3/h5,8-9,11H,6H2,1-4H3,(H,15,17,21)/t8-,9?,11-,13?/m1/s1. The molecule has 2 heterocycles. The molecule has 0 aromatic carbocycles. The lowest BCUT2D eigenvalue weighted by molar-refractivity contribution is -0.0659. The predicted molar refractivity (Wildman–Crippen MR) is 76.7 cm³/mol. The molecule has 1 aromatic heterocycles. The van der Waals surface area contributed by atoms with Crippen LogP contribution >= 0.6 is 12.2 Å². The summed E-state index contributed by atoms with van der Waals surface area (Å²) >= 11 is 5.11. The lowest BCUT2D eigenvalue weighted by Crippen LogP contribution is -2.42. The van der Waals surface area contributed by atoms with Crippen molar-refractivity contribution >= 4 is 12.2 Å². The van der Waals surface area contributed by atoms with E-state index >= 15 is 4.39 Å². The molecule has 4 atom stereocenters. The molecule has 1 aliphatic rings. The van der Waals surface area contributed by atoms with E-state index in [0.717, 1.165) is 0 Å². The molecule has 0 radical (unpaired) electrons. The number of rotatable bonds is 4. The maximum atomic E-state index is 15.1. The fourth-order valence-electron chi connectivity index (χ4n) is 2.64. The average molecular weight is 318 g/mol. The van der Waals surface area contributed by atoms with Gasteiger partial charge < -0.3 is 14.2 Å². The van der Waals surface area contributed by atoms with Crippen LogP contribution in [0.15, 0.2) is 11.0 Å². The number of hydrogen-bond donors (Lipinski definition) is 1. The zero-order valence-electron chi connectivity index (χ0n) is 12.4. The van der Waals surface area contributed by atoms with E-state index in [2.05, 4.69) is 4.98 Å². The first kappa shape index (κ1) is 16.3. The Morgan fingerprint density at radius 1 is 1.57 bits per heavy atom. The van der Waals surface area contributed by atoms with Crippen LogP contribution < -0.4 is 5.56 Å². The first-order valence-corrected chi connectivity index (χ1v) is 6.92. The monoisotopic (exact) mass is 318 g/mol. The van der Waals surface area contributed by atoms with Crippen molar-refractivity contribution in [3.63, 3.8) is 0 Å². The maximum absolute atomic E-state index is 15.1. The van der Waals surface area contributed by atoms with Crippen LogP contribution in [0.4, 0.5) is 4.39 Å². The molecule has 118 valence electrons. The minimum Gasteiger partial charge on any atom is -0.382 e. The summed E-state index contributed by atoms with van der Waals surface area (Å²) in [5.74, 6) is 0. The molecule has 1 saturated heterocycles. The van der Waals surface area contributed by atoms with E-state index in [0.29, 0.717) is 5.56 Å². The molecule has 2 unspecified atom stereocenters. The second-order valence-electron chi connectivity index (χ2n) is 5.27. The molecule has 1 N–H and O–H groups in total. The molecular weight excluding hydrogens is 299 g/mol. The molecule has 6 nitrogen and oxygen atoms in total. The van der Waals surface area contributed by atoms with E-state index in [1.165, 1.54) is 31.9 Å². The van der Waals surface area contributed by atoms with Crippen LogP contribution in [0, 0.1) is 11.7 Å². The zero-order chi connectivity index (χ0) is 15.8. The van der Waals surface area contributed by atoms with Gasteiger partial charge in [0.2, 0.25) is 0 Å². The fourth-order valence-corrected chi connectivity index (χ4v) is 2.89. The number of halogens is 1. The highest BCUT2D eigenvalue weighted by Gasteiger charge is 2.56. The van der Waals surface area contributed by atoms with Crippen LogP contribution in [0.3, 0.4) is 0 Å². The molecule has 1 aromatic rings. The number of nitrogens with one attached hydrogen (secondary N) is 1. The molecule has 0 aliphatic carbocycles. The number of ether oxygens (including phenoxy) is 3. The highest BCUT2D eigenvalue weighted by Crippen LogP contribution is 2.42. The van der Waals surface area contributed by atoms with Crippen molar-refractivity contribution in [2.75, 3.05) is 20.8 Å². The highest BCUT2D eigenvalue weighted by molar-refractivity contribution is 7.71. The molecule has 8 heteroatoms. The van der Waals surface area contributed by atoms with Gasteiger partial charge in [-0.25, -0.2) is 4.39 Å². The van der Waals surface area contributed by atoms with Gasteiger partial charge in [0.1, 0.15) is 12.2 Å². The third-order valence-corrected chi connectivity index (χ3v) is 3.98. The second kappa shape index (κ2) is 5.96. The van der Waals surface area contributed by atoms with E-state index in [1.807, 2.05) is 0 Å². The number of H-pyrrole nitrogens is 1. The molecule has 0 spiro atoms. The van der Waals surface area contributed by atoms with Gasteiger partial charge in [0.05, 0.1) is 6.61 Å². The Morgan fingerprint density at radius 3 is 2.81 bits per heavy atom. The lowest BCUT2D eigenvalue weighted by Gasteiger charge is -2.27. The van der Waals surface area contributed by atoms with Crippen molar-refractivity contribution in [3.8, 4) is 0 Å². The van der Waals surface area contributed by atoms with Gasteiger partial charge in [0, 0.05) is 26.0 Å². The average Bonchev–Trinajstić information content (AvgIpc) is 2.65. The third kappa shape index (κ3) is 2.80. The van der Waals surface area contributed by atoms with Gasteiger partial charge in [-0.05, 0) is 26.1 Å². The van der Waals surface area contributed by atoms with Crippen LogP contribution in [0.5, 0.6) is 0 Å². The van der Waals surface area contributed by atoms with Crippen LogP contribution in [0.1, 0.15) is 18.7 Å². The van der Waals surface area contributed by atoms with Crippen molar-refractivity contribution in [3.05, 3.63) is 26.9 Å². The van der Waals surface area contributed by atoms with Crippen LogP contribution in [-0.2, 0) is 14.2 Å². The van der Waals surface area contributed by atoms with Crippen molar-refractivity contribution in [1.82, 2.24) is 9.55 Å². The Hall–Kier alpha value is -1.09. The lowest BCUT2D eigenvalue weighted by atomic mass is 9.98. The van der Waals surface area contributed by atoms with Crippen molar-refractivity contribution in [2.45, 2.75) is 38.0 Å². The number of methoxy groups -OCH3 is 2. The Balaban J connectivity index is 2.47. The molecular formula is C13H19FN2O4S. The molecule has 0 bridgehead atoms. The van der Waals surface area contributed by atoms with Crippen molar-refractivity contribution in [1.29, 1.82) is 0 Å². The third-order valence-electron chi connectivity index (χ3n) is 3.66. The van der Waals surface area contributed by atoms with Gasteiger partial charge in [-0.1, -0.05) is 0 Å². The summed E-state index contributed by atoms with van der Waals surface area (Å²) < 4.78 is 32.7. The van der Waals surface area contributed by atoms with E-state index < -0.39 is 24.1 Å². The SMILES string of the molecule is COC[C@H]1O[C@@H](n2cc(C)c(=O)[nH]c2=S)C(C)(F)C1OC. The fraction of sp³-hybridized carbons (Fsp3) is 0.692. The predicted octanol–water partition coefficient (Wildman–Crippen LogP) is 1.50. The molecule has 21 heavy (non-hydrogen) atoms. The van der Waals surface area contributed by atoms with Gasteiger partial charge in [-0.2, -0.15) is 0 Å². The van der Waals surface area contributed by atoms with E-state index in [9.17, 15) is 4.79 Å². The smallest absolute Gasteiger partial charge is 0.254 e. The summed E-state index contributed by atoms with van der Waals surface area (Å²) in [7, 11) is 2.93. The topological polar surface area (TPSA) is 65.5 Å². The van der Waals surface area contributed by atoms with Crippen LogP contribution in [0.2, 0.25) is 0 Å². The quantitative estimate of drug-likeness (QED) is 0.852. The van der Waals surface area contributed by atoms with Gasteiger partial charge >= 0.3 is 0 Å². The number of aromatic amines is 1. The molecule has 0 saturated carbocycles. The number of aryl methyl sites for hydroxylation is 1. The molecule has 2 rings (SSSR count). The van der Waals surface area contributed by atoms with Gasteiger partial charge in [-0.3, -0.25) is 14.3 Å². The Bertz CT molecular complexity index is 627. The Labute approximate surface area is 126 Å². The summed E-state index contributed by atoms with van der Waals surface area (Å²) in [6.07, 6.45) is -0.859. The van der Waals surface area contributed by atoms with Crippen molar-refractivity contribution < 1.29 is 18.6 Å². The summed E-state index contributed by atoms with van der Waals surface area (Å²) in [6, 6.07) is 0. The van der Waals surface area contributed by atoms with Crippen molar-refractivity contribution in [2.24, 2.45) is 0 Å². The number of aromatic nitrogens is 2. The Kier molecular flexibility index (Phi) is 4.62. The molecule has 0 amide bonds. The van der Waals surface area contributed by atoms with Crippen LogP contribution in [0.25, 0.3) is 0 Å². The van der Waals surface area contributed by atoms with Gasteiger partial charge in [-0.15, -0.1) is 0 Å². The van der Waals surface area contributed by atoms with Crippen LogP contribution in [-0.4, -0.2) is 48.3 Å². The van der Waals surface area contributed by atoms with E-state index in [1.54, 1.807) is 6.92 Å². The number of hydrogen-bond acceptors (Lipinski definition) is 5. The first-order chi connectivity index (χ1) is 9.82. The van der Waals surface area contributed by atoms with E-state index in [4.69, 9.17) is 26.4 Å². The zero-order valence-corrected chi connectivity index (χ0v) is 13.2. The van der Waals surface area contributed by atoms with Gasteiger partial charge in [0.25, 0.3) is 5.56 Å². The summed E-state index contributed by atoms with van der Waals surface area (Å²) in [4.78, 5) is 14.0. The first-order valence-electron chi connectivity index (χ1n) is 6.51. The maximum Gasteiger partial charge on any atom is 0.254 e. The van der Waals surface area contributed by atoms with E-state index in [-0.39, 0.29) is 16.9 Å². The minimum absolute atomic E-state index is 0.104. The summed E-state index contributed by atoms with van der Waals surface area (Å²) in [5.41, 5.74) is -1.69. The largest absolute Gasteiger partial charge is 0.382 e. The molecule has 1 fully saturated rings.